The van der Waals surface area contributed by atoms with Crippen molar-refractivity contribution in [3.05, 3.63) is 64.7 Å². The molecule has 170 valence electrons. The monoisotopic (exact) mass is 438 g/mol. The first-order chi connectivity index (χ1) is 15.2. The van der Waals surface area contributed by atoms with Crippen molar-refractivity contribution < 1.29 is 19.1 Å². The van der Waals surface area contributed by atoms with Crippen LogP contribution in [0.2, 0.25) is 0 Å². The van der Waals surface area contributed by atoms with E-state index in [9.17, 15) is 14.4 Å². The van der Waals surface area contributed by atoms with Gasteiger partial charge in [0.2, 0.25) is 0 Å². The van der Waals surface area contributed by atoms with Crippen LogP contribution in [0.1, 0.15) is 35.6 Å². The van der Waals surface area contributed by atoms with Gasteiger partial charge in [-0.3, -0.25) is 19.9 Å². The fourth-order valence-electron chi connectivity index (χ4n) is 4.26. The topological polar surface area (TPSA) is 91.0 Å². The SMILES string of the molecule is CCC1(c2ccccc2)NC(=O)N(NC(=O)CN(C)Cc2cc(C)c(OC)c(C)c2)C1=O. The highest BCUT2D eigenvalue weighted by atomic mass is 16.5. The van der Waals surface area contributed by atoms with Gasteiger partial charge in [-0.05, 0) is 49.6 Å². The zero-order chi connectivity index (χ0) is 23.5. The number of amides is 4. The molecule has 2 aromatic carbocycles. The van der Waals surface area contributed by atoms with E-state index in [1.165, 1.54) is 0 Å². The van der Waals surface area contributed by atoms with Crippen LogP contribution in [0.3, 0.4) is 0 Å². The van der Waals surface area contributed by atoms with Crippen molar-refractivity contribution in [1.82, 2.24) is 20.7 Å². The average molecular weight is 439 g/mol. The van der Waals surface area contributed by atoms with Gasteiger partial charge in [-0.2, -0.15) is 5.01 Å². The number of hydrogen-bond donors (Lipinski definition) is 2. The molecule has 0 aromatic heterocycles. The minimum absolute atomic E-state index is 0.0195. The molecule has 1 unspecified atom stereocenters. The summed E-state index contributed by atoms with van der Waals surface area (Å²) in [6.45, 7) is 6.33. The molecule has 1 heterocycles. The first-order valence-corrected chi connectivity index (χ1v) is 10.6. The maximum Gasteiger partial charge on any atom is 0.344 e. The maximum atomic E-state index is 13.1. The minimum atomic E-state index is -1.18. The Morgan fingerprint density at radius 2 is 1.78 bits per heavy atom. The molecular formula is C24H30N4O4. The Hall–Kier alpha value is -3.39. The van der Waals surface area contributed by atoms with Crippen molar-refractivity contribution in [2.24, 2.45) is 0 Å². The summed E-state index contributed by atoms with van der Waals surface area (Å²) < 4.78 is 5.40. The molecule has 32 heavy (non-hydrogen) atoms. The first kappa shape index (κ1) is 23.3. The molecule has 1 aliphatic heterocycles. The Morgan fingerprint density at radius 1 is 1.16 bits per heavy atom. The fraction of sp³-hybridized carbons (Fsp3) is 0.375. The molecule has 2 aromatic rings. The van der Waals surface area contributed by atoms with Gasteiger partial charge in [-0.25, -0.2) is 4.79 Å². The van der Waals surface area contributed by atoms with Gasteiger partial charge in [0.05, 0.1) is 13.7 Å². The number of likely N-dealkylation sites (N-methyl/N-ethyl adjacent to an activating group) is 1. The minimum Gasteiger partial charge on any atom is -0.496 e. The lowest BCUT2D eigenvalue weighted by atomic mass is 9.87. The second kappa shape index (κ2) is 9.40. The zero-order valence-electron chi connectivity index (χ0n) is 19.2. The number of rotatable bonds is 8. The van der Waals surface area contributed by atoms with Crippen LogP contribution in [-0.2, 0) is 21.7 Å². The molecule has 0 bridgehead atoms. The zero-order valence-corrected chi connectivity index (χ0v) is 19.2. The van der Waals surface area contributed by atoms with Gasteiger partial charge in [0.25, 0.3) is 11.8 Å². The number of ether oxygens (including phenoxy) is 1. The molecule has 0 spiro atoms. The van der Waals surface area contributed by atoms with Crippen LogP contribution in [0.15, 0.2) is 42.5 Å². The lowest BCUT2D eigenvalue weighted by molar-refractivity contribution is -0.139. The molecule has 0 saturated carbocycles. The van der Waals surface area contributed by atoms with Crippen molar-refractivity contribution in [2.75, 3.05) is 20.7 Å². The third-order valence-electron chi connectivity index (χ3n) is 5.72. The standard InChI is InChI=1S/C24H30N4O4/c1-6-24(19-10-8-7-9-11-19)22(30)28(23(31)25-24)26-20(29)15-27(4)14-18-12-16(2)21(32-5)17(3)13-18/h7-13H,6,14-15H2,1-5H3,(H,25,31)(H,26,29). The Balaban J connectivity index is 1.66. The second-order valence-corrected chi connectivity index (χ2v) is 8.17. The highest BCUT2D eigenvalue weighted by Gasteiger charge is 2.52. The number of benzene rings is 2. The average Bonchev–Trinajstić information content (AvgIpc) is 2.99. The number of methoxy groups -OCH3 is 1. The quantitative estimate of drug-likeness (QED) is 0.619. The van der Waals surface area contributed by atoms with E-state index in [4.69, 9.17) is 4.74 Å². The summed E-state index contributed by atoms with van der Waals surface area (Å²) in [7, 11) is 3.45. The van der Waals surface area contributed by atoms with E-state index in [-0.39, 0.29) is 6.54 Å². The second-order valence-electron chi connectivity index (χ2n) is 8.17. The predicted molar refractivity (Wildman–Crippen MR) is 121 cm³/mol. The lowest BCUT2D eigenvalue weighted by Gasteiger charge is -2.25. The number of hydrogen-bond acceptors (Lipinski definition) is 5. The predicted octanol–water partition coefficient (Wildman–Crippen LogP) is 2.63. The van der Waals surface area contributed by atoms with Crippen LogP contribution < -0.4 is 15.5 Å². The molecule has 0 radical (unpaired) electrons. The van der Waals surface area contributed by atoms with Crippen LogP contribution in [-0.4, -0.2) is 48.5 Å². The van der Waals surface area contributed by atoms with Crippen molar-refractivity contribution in [3.63, 3.8) is 0 Å². The van der Waals surface area contributed by atoms with Crippen LogP contribution in [0, 0.1) is 13.8 Å². The van der Waals surface area contributed by atoms with Crippen molar-refractivity contribution in [1.29, 1.82) is 0 Å². The summed E-state index contributed by atoms with van der Waals surface area (Å²) in [4.78, 5) is 40.1. The van der Waals surface area contributed by atoms with Crippen LogP contribution >= 0.6 is 0 Å². The number of urea groups is 1. The smallest absolute Gasteiger partial charge is 0.344 e. The molecule has 2 N–H and O–H groups in total. The summed E-state index contributed by atoms with van der Waals surface area (Å²) in [5, 5.41) is 3.54. The molecular weight excluding hydrogens is 408 g/mol. The molecule has 1 fully saturated rings. The Morgan fingerprint density at radius 3 is 2.34 bits per heavy atom. The molecule has 0 aliphatic carbocycles. The summed E-state index contributed by atoms with van der Waals surface area (Å²) in [5.74, 6) is -0.0861. The molecule has 4 amide bonds. The van der Waals surface area contributed by atoms with Gasteiger partial charge in [-0.1, -0.05) is 49.4 Å². The molecule has 1 atom stereocenters. The van der Waals surface area contributed by atoms with Crippen LogP contribution in [0.4, 0.5) is 4.79 Å². The molecule has 1 aliphatic rings. The van der Waals surface area contributed by atoms with E-state index in [1.807, 2.05) is 56.0 Å². The normalized spacial score (nSPS) is 18.1. The number of imide groups is 1. The van der Waals surface area contributed by atoms with Crippen molar-refractivity contribution in [2.45, 2.75) is 39.3 Å². The Kier molecular flexibility index (Phi) is 6.84. The Labute approximate surface area is 188 Å². The van der Waals surface area contributed by atoms with Crippen LogP contribution in [0.5, 0.6) is 5.75 Å². The summed E-state index contributed by atoms with van der Waals surface area (Å²) in [6, 6.07) is 12.4. The van der Waals surface area contributed by atoms with Gasteiger partial charge < -0.3 is 10.1 Å². The number of hydrazine groups is 1. The van der Waals surface area contributed by atoms with E-state index in [1.54, 1.807) is 26.3 Å². The Bertz CT molecular complexity index is 1000. The lowest BCUT2D eigenvalue weighted by Crippen LogP contribution is -2.50. The highest BCUT2D eigenvalue weighted by molar-refractivity contribution is 6.08. The van der Waals surface area contributed by atoms with Crippen molar-refractivity contribution >= 4 is 17.8 Å². The number of aryl methyl sites for hydroxylation is 2. The highest BCUT2D eigenvalue weighted by Crippen LogP contribution is 2.31. The van der Waals surface area contributed by atoms with Gasteiger partial charge in [0.15, 0.2) is 0 Å². The summed E-state index contributed by atoms with van der Waals surface area (Å²) in [5.41, 5.74) is 5.05. The summed E-state index contributed by atoms with van der Waals surface area (Å²) in [6.07, 6.45) is 0.365. The molecule has 8 heteroatoms. The third-order valence-corrected chi connectivity index (χ3v) is 5.72. The molecule has 3 rings (SSSR count). The van der Waals surface area contributed by atoms with Crippen molar-refractivity contribution in [3.8, 4) is 5.75 Å². The maximum absolute atomic E-state index is 13.1. The van der Waals surface area contributed by atoms with E-state index < -0.39 is 23.4 Å². The molecule has 8 nitrogen and oxygen atoms in total. The van der Waals surface area contributed by atoms with Gasteiger partial charge in [0, 0.05) is 6.54 Å². The number of carbonyl (C=O) groups is 3. The largest absolute Gasteiger partial charge is 0.496 e. The molecule has 1 saturated heterocycles. The van der Waals surface area contributed by atoms with Crippen LogP contribution in [0.25, 0.3) is 0 Å². The van der Waals surface area contributed by atoms with Gasteiger partial charge >= 0.3 is 6.03 Å². The number of nitrogens with one attached hydrogen (secondary N) is 2. The van der Waals surface area contributed by atoms with E-state index >= 15 is 0 Å². The van der Waals surface area contributed by atoms with E-state index in [2.05, 4.69) is 10.7 Å². The third kappa shape index (κ3) is 4.45. The fourth-order valence-corrected chi connectivity index (χ4v) is 4.26. The number of carbonyl (C=O) groups excluding carboxylic acids is 3. The van der Waals surface area contributed by atoms with E-state index in [0.29, 0.717) is 18.5 Å². The first-order valence-electron chi connectivity index (χ1n) is 10.6. The number of nitrogens with zero attached hydrogens (tertiary/aromatic N) is 2. The summed E-state index contributed by atoms with van der Waals surface area (Å²) >= 11 is 0. The van der Waals surface area contributed by atoms with Gasteiger partial charge in [-0.15, -0.1) is 0 Å². The van der Waals surface area contributed by atoms with Gasteiger partial charge in [0.1, 0.15) is 11.3 Å². The van der Waals surface area contributed by atoms with E-state index in [0.717, 1.165) is 27.4 Å².